The Labute approximate surface area is 170 Å². The van der Waals surface area contributed by atoms with Crippen molar-refractivity contribution >= 4 is 23.0 Å². The number of allylic oxidation sites excluding steroid dienone is 1. The summed E-state index contributed by atoms with van der Waals surface area (Å²) in [4.78, 5) is 26.5. The van der Waals surface area contributed by atoms with Crippen molar-refractivity contribution in [1.29, 1.82) is 0 Å². The Bertz CT molecular complexity index is 1130. The van der Waals surface area contributed by atoms with Gasteiger partial charge >= 0.3 is 5.76 Å². The van der Waals surface area contributed by atoms with E-state index in [1.165, 1.54) is 6.08 Å². The van der Waals surface area contributed by atoms with E-state index >= 15 is 0 Å². The smallest absolute Gasteiger partial charge is 0.417 e. The number of aromatic amines is 1. The molecule has 0 aliphatic carbocycles. The van der Waals surface area contributed by atoms with E-state index in [2.05, 4.69) is 4.98 Å². The number of nitrogens with one attached hydrogen (secondary N) is 1. The van der Waals surface area contributed by atoms with Gasteiger partial charge in [-0.2, -0.15) is 0 Å². The summed E-state index contributed by atoms with van der Waals surface area (Å²) in [5, 5.41) is 10.8. The number of carbonyl (C=O) groups is 1. The molecule has 29 heavy (non-hydrogen) atoms. The number of oxazole rings is 1. The summed E-state index contributed by atoms with van der Waals surface area (Å²) in [6, 6.07) is 8.69. The SMILES string of the molecule is CC(C)(C)c1cc(C=CC(=O)c2ccc3[nH]c(=O)oc3c2)cc(C(C)(C)C)c1O. The molecule has 152 valence electrons. The van der Waals surface area contributed by atoms with Crippen LogP contribution in [0, 0.1) is 0 Å². The number of ketones is 1. The number of H-pyrrole nitrogens is 1. The summed E-state index contributed by atoms with van der Waals surface area (Å²) in [6.45, 7) is 12.3. The van der Waals surface area contributed by atoms with Crippen LogP contribution in [0.5, 0.6) is 5.75 Å². The molecule has 3 rings (SSSR count). The predicted octanol–water partition coefficient (Wildman–Crippen LogP) is 5.32. The number of carbonyl (C=O) groups excluding carboxylic acids is 1. The number of benzene rings is 2. The molecule has 0 saturated heterocycles. The van der Waals surface area contributed by atoms with Crippen LogP contribution in [0.15, 0.2) is 45.6 Å². The third-order valence-corrected chi connectivity index (χ3v) is 4.88. The average Bonchev–Trinajstić information content (AvgIpc) is 2.97. The number of phenolic OH excluding ortho intramolecular Hbond substituents is 1. The van der Waals surface area contributed by atoms with Gasteiger partial charge in [0.1, 0.15) is 5.75 Å². The van der Waals surface area contributed by atoms with Gasteiger partial charge in [0, 0.05) is 16.7 Å². The Kier molecular flexibility index (Phi) is 5.03. The van der Waals surface area contributed by atoms with Gasteiger partial charge in [0.2, 0.25) is 0 Å². The predicted molar refractivity (Wildman–Crippen MR) is 116 cm³/mol. The first-order chi connectivity index (χ1) is 13.4. The van der Waals surface area contributed by atoms with Crippen molar-refractivity contribution in [3.63, 3.8) is 0 Å². The molecule has 0 bridgehead atoms. The van der Waals surface area contributed by atoms with Crippen LogP contribution in [0.1, 0.15) is 68.6 Å². The lowest BCUT2D eigenvalue weighted by molar-refractivity contribution is 0.104. The van der Waals surface area contributed by atoms with E-state index in [1.54, 1.807) is 24.3 Å². The highest BCUT2D eigenvalue weighted by atomic mass is 16.4. The molecule has 0 aliphatic rings. The fraction of sp³-hybridized carbons (Fsp3) is 0.333. The highest BCUT2D eigenvalue weighted by Crippen LogP contribution is 2.40. The molecule has 2 aromatic carbocycles. The van der Waals surface area contributed by atoms with Gasteiger partial charge in [-0.1, -0.05) is 47.6 Å². The minimum Gasteiger partial charge on any atom is -0.507 e. The van der Waals surface area contributed by atoms with Crippen molar-refractivity contribution in [3.8, 4) is 5.75 Å². The van der Waals surface area contributed by atoms with Crippen LogP contribution in [-0.4, -0.2) is 15.9 Å². The maximum Gasteiger partial charge on any atom is 0.417 e. The molecule has 0 aliphatic heterocycles. The normalized spacial score (nSPS) is 12.8. The molecular formula is C24H27NO4. The Morgan fingerprint density at radius 3 is 2.14 bits per heavy atom. The van der Waals surface area contributed by atoms with E-state index in [4.69, 9.17) is 4.42 Å². The zero-order valence-electron chi connectivity index (χ0n) is 17.7. The average molecular weight is 393 g/mol. The maximum absolute atomic E-state index is 12.6. The zero-order valence-corrected chi connectivity index (χ0v) is 17.7. The van der Waals surface area contributed by atoms with Crippen LogP contribution < -0.4 is 5.76 Å². The quantitative estimate of drug-likeness (QED) is 0.466. The van der Waals surface area contributed by atoms with Gasteiger partial charge in [-0.15, -0.1) is 0 Å². The summed E-state index contributed by atoms with van der Waals surface area (Å²) in [5.41, 5.74) is 3.38. The van der Waals surface area contributed by atoms with Crippen molar-refractivity contribution in [2.24, 2.45) is 0 Å². The second-order valence-electron chi connectivity index (χ2n) is 9.39. The standard InChI is InChI=1S/C24H27NO4/c1-23(2,3)16-11-14(12-17(21(16)27)24(4,5)6)7-10-19(26)15-8-9-18-20(13-15)29-22(28)25-18/h7-13,27H,1-6H3,(H,25,28). The summed E-state index contributed by atoms with van der Waals surface area (Å²) in [6.07, 6.45) is 3.25. The molecule has 5 nitrogen and oxygen atoms in total. The van der Waals surface area contributed by atoms with Gasteiger partial charge in [-0.3, -0.25) is 9.78 Å². The first kappa shape index (κ1) is 20.6. The minimum absolute atomic E-state index is 0.196. The molecular weight excluding hydrogens is 366 g/mol. The van der Waals surface area contributed by atoms with Crippen LogP contribution in [0.3, 0.4) is 0 Å². The number of phenols is 1. The second kappa shape index (κ2) is 7.07. The Morgan fingerprint density at radius 1 is 1.00 bits per heavy atom. The lowest BCUT2D eigenvalue weighted by Gasteiger charge is -2.27. The lowest BCUT2D eigenvalue weighted by Crippen LogP contribution is -2.17. The number of aromatic hydroxyl groups is 1. The molecule has 0 saturated carbocycles. The number of fused-ring (bicyclic) bond motifs is 1. The van der Waals surface area contributed by atoms with E-state index in [0.29, 0.717) is 22.4 Å². The third kappa shape index (κ3) is 4.34. The summed E-state index contributed by atoms with van der Waals surface area (Å²) in [5.74, 6) is -0.437. The van der Waals surface area contributed by atoms with Crippen molar-refractivity contribution in [2.75, 3.05) is 0 Å². The van der Waals surface area contributed by atoms with Crippen molar-refractivity contribution < 1.29 is 14.3 Å². The van der Waals surface area contributed by atoms with E-state index < -0.39 is 5.76 Å². The largest absolute Gasteiger partial charge is 0.507 e. The summed E-state index contributed by atoms with van der Waals surface area (Å²) < 4.78 is 5.03. The number of hydrogen-bond donors (Lipinski definition) is 2. The van der Waals surface area contributed by atoms with Crippen LogP contribution in [-0.2, 0) is 10.8 Å². The molecule has 0 unspecified atom stereocenters. The van der Waals surface area contributed by atoms with Crippen LogP contribution in [0.25, 0.3) is 17.2 Å². The Balaban J connectivity index is 2.00. The Morgan fingerprint density at radius 2 is 1.59 bits per heavy atom. The molecule has 0 amide bonds. The first-order valence-electron chi connectivity index (χ1n) is 9.59. The van der Waals surface area contributed by atoms with Crippen molar-refractivity contribution in [3.05, 3.63) is 69.2 Å². The molecule has 1 heterocycles. The maximum atomic E-state index is 12.6. The van der Waals surface area contributed by atoms with Gasteiger partial charge < -0.3 is 9.52 Å². The Hall–Kier alpha value is -3.08. The minimum atomic E-state index is -0.548. The molecule has 5 heteroatoms. The molecule has 2 N–H and O–H groups in total. The number of rotatable bonds is 3. The molecule has 0 fully saturated rings. The number of aromatic nitrogens is 1. The third-order valence-electron chi connectivity index (χ3n) is 4.88. The first-order valence-corrected chi connectivity index (χ1v) is 9.59. The van der Waals surface area contributed by atoms with Crippen LogP contribution in [0.2, 0.25) is 0 Å². The van der Waals surface area contributed by atoms with Crippen LogP contribution in [0.4, 0.5) is 0 Å². The highest BCUT2D eigenvalue weighted by Gasteiger charge is 2.26. The highest BCUT2D eigenvalue weighted by molar-refractivity contribution is 6.08. The molecule has 3 aromatic rings. The lowest BCUT2D eigenvalue weighted by atomic mass is 9.78. The van der Waals surface area contributed by atoms with E-state index in [-0.39, 0.29) is 16.6 Å². The van der Waals surface area contributed by atoms with Crippen molar-refractivity contribution in [2.45, 2.75) is 52.4 Å². The van der Waals surface area contributed by atoms with E-state index in [1.807, 2.05) is 53.7 Å². The van der Waals surface area contributed by atoms with Crippen molar-refractivity contribution in [1.82, 2.24) is 4.98 Å². The molecule has 0 atom stereocenters. The fourth-order valence-electron chi connectivity index (χ4n) is 3.26. The van der Waals surface area contributed by atoms with Gasteiger partial charge in [0.05, 0.1) is 5.52 Å². The molecule has 0 spiro atoms. The van der Waals surface area contributed by atoms with Crippen LogP contribution >= 0.6 is 0 Å². The second-order valence-corrected chi connectivity index (χ2v) is 9.39. The fourth-order valence-corrected chi connectivity index (χ4v) is 3.26. The summed E-state index contributed by atoms with van der Waals surface area (Å²) in [7, 11) is 0. The van der Waals surface area contributed by atoms with Gasteiger partial charge in [0.25, 0.3) is 0 Å². The van der Waals surface area contributed by atoms with Gasteiger partial charge in [0.15, 0.2) is 11.4 Å². The number of hydrogen-bond acceptors (Lipinski definition) is 4. The summed E-state index contributed by atoms with van der Waals surface area (Å²) >= 11 is 0. The van der Waals surface area contributed by atoms with Gasteiger partial charge in [-0.25, -0.2) is 4.79 Å². The van der Waals surface area contributed by atoms with E-state index in [0.717, 1.165) is 16.7 Å². The monoisotopic (exact) mass is 393 g/mol. The molecule has 1 aromatic heterocycles. The zero-order chi connectivity index (χ0) is 21.6. The van der Waals surface area contributed by atoms with Gasteiger partial charge in [-0.05, 0) is 52.8 Å². The topological polar surface area (TPSA) is 83.3 Å². The van der Waals surface area contributed by atoms with E-state index in [9.17, 15) is 14.7 Å². The molecule has 0 radical (unpaired) electrons.